The summed E-state index contributed by atoms with van der Waals surface area (Å²) in [7, 11) is -4.73. The standard InChI is InChI=1S/C31H61O8P/c1-3-5-7-9-10-11-12-13-14-15-16-17-18-19-20-22-24-26-31(33)39-29(28-38-40(34,35)36)27-37-30(32)25-23-21-8-6-4-2/h29H,3-28H2,1-2H3,(H2,34,35,36)/t29-/m1/s1. The molecule has 0 bridgehead atoms. The maximum absolute atomic E-state index is 12.2. The van der Waals surface area contributed by atoms with E-state index in [2.05, 4.69) is 18.4 Å². The van der Waals surface area contributed by atoms with Gasteiger partial charge in [0.15, 0.2) is 6.10 Å². The summed E-state index contributed by atoms with van der Waals surface area (Å²) in [6.45, 7) is 3.57. The third-order valence-corrected chi connectivity index (χ3v) is 7.61. The Kier molecular flexibility index (Phi) is 27.5. The van der Waals surface area contributed by atoms with Gasteiger partial charge in [-0.1, -0.05) is 142 Å². The van der Waals surface area contributed by atoms with Gasteiger partial charge in [0, 0.05) is 12.8 Å². The average molecular weight is 593 g/mol. The van der Waals surface area contributed by atoms with Crippen molar-refractivity contribution in [3.63, 3.8) is 0 Å². The molecule has 0 unspecified atom stereocenters. The lowest BCUT2D eigenvalue weighted by Gasteiger charge is -2.18. The first kappa shape index (κ1) is 39.0. The predicted octanol–water partition coefficient (Wildman–Crippen LogP) is 8.95. The van der Waals surface area contributed by atoms with Crippen LogP contribution in [0.3, 0.4) is 0 Å². The summed E-state index contributed by atoms with van der Waals surface area (Å²) in [4.78, 5) is 42.1. The Balaban J connectivity index is 3.85. The first-order valence-corrected chi connectivity index (χ1v) is 17.9. The first-order valence-electron chi connectivity index (χ1n) is 16.3. The Morgan fingerprint density at radius 3 is 1.27 bits per heavy atom. The van der Waals surface area contributed by atoms with Gasteiger partial charge in [-0.25, -0.2) is 4.57 Å². The van der Waals surface area contributed by atoms with Gasteiger partial charge in [0.2, 0.25) is 0 Å². The minimum absolute atomic E-state index is 0.219. The molecule has 0 aliphatic heterocycles. The van der Waals surface area contributed by atoms with Gasteiger partial charge in [0.25, 0.3) is 0 Å². The fraction of sp³-hybridized carbons (Fsp3) is 0.935. The molecule has 9 heteroatoms. The number of hydrogen-bond acceptors (Lipinski definition) is 6. The number of phosphoric ester groups is 1. The van der Waals surface area contributed by atoms with E-state index in [0.29, 0.717) is 6.42 Å². The third-order valence-electron chi connectivity index (χ3n) is 7.13. The summed E-state index contributed by atoms with van der Waals surface area (Å²) in [5, 5.41) is 0. The average Bonchev–Trinajstić information content (AvgIpc) is 2.91. The monoisotopic (exact) mass is 592 g/mol. The van der Waals surface area contributed by atoms with E-state index in [4.69, 9.17) is 19.3 Å². The maximum Gasteiger partial charge on any atom is 0.469 e. The second kappa shape index (κ2) is 28.2. The molecule has 0 aliphatic rings. The molecular formula is C31H61O8P. The Bertz CT molecular complexity index is 637. The molecule has 0 aromatic carbocycles. The Hall–Kier alpha value is -0.950. The molecule has 0 aliphatic carbocycles. The first-order chi connectivity index (χ1) is 19.3. The molecule has 238 valence electrons. The minimum atomic E-state index is -4.73. The van der Waals surface area contributed by atoms with Crippen LogP contribution in [0.2, 0.25) is 0 Å². The third kappa shape index (κ3) is 30.0. The van der Waals surface area contributed by atoms with Gasteiger partial charge in [-0.15, -0.1) is 0 Å². The van der Waals surface area contributed by atoms with Crippen LogP contribution in [0, 0.1) is 0 Å². The van der Waals surface area contributed by atoms with Crippen LogP contribution in [0.15, 0.2) is 0 Å². The minimum Gasteiger partial charge on any atom is -0.462 e. The van der Waals surface area contributed by atoms with Crippen molar-refractivity contribution in [2.45, 2.75) is 174 Å². The fourth-order valence-corrected chi connectivity index (χ4v) is 5.03. The number of ether oxygens (including phenoxy) is 2. The van der Waals surface area contributed by atoms with Crippen LogP contribution in [0.25, 0.3) is 0 Å². The maximum atomic E-state index is 12.2. The van der Waals surface area contributed by atoms with Crippen LogP contribution >= 0.6 is 7.82 Å². The summed E-state index contributed by atoms with van der Waals surface area (Å²) in [6.07, 6.45) is 25.9. The lowest BCUT2D eigenvalue weighted by molar-refractivity contribution is -0.161. The van der Waals surface area contributed by atoms with Crippen LogP contribution in [0.5, 0.6) is 0 Å². The van der Waals surface area contributed by atoms with Crippen molar-refractivity contribution in [2.75, 3.05) is 13.2 Å². The Morgan fingerprint density at radius 1 is 0.550 bits per heavy atom. The van der Waals surface area contributed by atoms with Gasteiger partial charge >= 0.3 is 19.8 Å². The molecule has 0 saturated heterocycles. The van der Waals surface area contributed by atoms with Crippen LogP contribution < -0.4 is 0 Å². The van der Waals surface area contributed by atoms with E-state index in [1.807, 2.05) is 0 Å². The smallest absolute Gasteiger partial charge is 0.462 e. The highest BCUT2D eigenvalue weighted by Crippen LogP contribution is 2.35. The highest BCUT2D eigenvalue weighted by molar-refractivity contribution is 7.46. The molecule has 0 aromatic rings. The van der Waals surface area contributed by atoms with Crippen molar-refractivity contribution in [1.82, 2.24) is 0 Å². The number of rotatable bonds is 30. The number of hydrogen-bond donors (Lipinski definition) is 2. The molecule has 0 aromatic heterocycles. The molecule has 0 rings (SSSR count). The molecule has 0 radical (unpaired) electrons. The van der Waals surface area contributed by atoms with E-state index < -0.39 is 32.5 Å². The van der Waals surface area contributed by atoms with Crippen LogP contribution in [-0.2, 0) is 28.2 Å². The zero-order valence-electron chi connectivity index (χ0n) is 25.8. The largest absolute Gasteiger partial charge is 0.469 e. The van der Waals surface area contributed by atoms with Gasteiger partial charge < -0.3 is 19.3 Å². The summed E-state index contributed by atoms with van der Waals surface area (Å²) in [5.74, 6) is -0.891. The lowest BCUT2D eigenvalue weighted by atomic mass is 10.0. The van der Waals surface area contributed by atoms with E-state index in [1.54, 1.807) is 0 Å². The number of carbonyl (C=O) groups excluding carboxylic acids is 2. The van der Waals surface area contributed by atoms with Gasteiger partial charge in [-0.2, -0.15) is 0 Å². The van der Waals surface area contributed by atoms with E-state index in [0.717, 1.165) is 44.9 Å². The number of unbranched alkanes of at least 4 members (excludes halogenated alkanes) is 20. The van der Waals surface area contributed by atoms with Crippen molar-refractivity contribution in [3.8, 4) is 0 Å². The molecule has 1 atom stereocenters. The number of carbonyl (C=O) groups is 2. The highest BCUT2D eigenvalue weighted by atomic mass is 31.2. The number of phosphoric acid groups is 1. The van der Waals surface area contributed by atoms with Crippen LogP contribution in [0.1, 0.15) is 168 Å². The van der Waals surface area contributed by atoms with Crippen molar-refractivity contribution in [2.24, 2.45) is 0 Å². The summed E-state index contributed by atoms with van der Waals surface area (Å²) >= 11 is 0. The molecule has 0 saturated carbocycles. The Morgan fingerprint density at radius 2 is 0.900 bits per heavy atom. The van der Waals surface area contributed by atoms with Crippen molar-refractivity contribution in [3.05, 3.63) is 0 Å². The summed E-state index contributed by atoms with van der Waals surface area (Å²) in [6, 6.07) is 0. The van der Waals surface area contributed by atoms with Crippen LogP contribution in [0.4, 0.5) is 0 Å². The predicted molar refractivity (Wildman–Crippen MR) is 161 cm³/mol. The van der Waals surface area contributed by atoms with Gasteiger partial charge in [0.1, 0.15) is 6.61 Å². The van der Waals surface area contributed by atoms with Crippen molar-refractivity contribution < 1.29 is 37.9 Å². The number of esters is 2. The molecule has 40 heavy (non-hydrogen) atoms. The summed E-state index contributed by atoms with van der Waals surface area (Å²) < 4.78 is 26.0. The van der Waals surface area contributed by atoms with Crippen molar-refractivity contribution >= 4 is 19.8 Å². The zero-order chi connectivity index (χ0) is 29.7. The van der Waals surface area contributed by atoms with E-state index >= 15 is 0 Å². The van der Waals surface area contributed by atoms with Gasteiger partial charge in [-0.3, -0.25) is 14.1 Å². The molecule has 0 heterocycles. The summed E-state index contributed by atoms with van der Waals surface area (Å²) in [5.41, 5.74) is 0. The zero-order valence-corrected chi connectivity index (χ0v) is 26.6. The van der Waals surface area contributed by atoms with Crippen LogP contribution in [-0.4, -0.2) is 41.0 Å². The lowest BCUT2D eigenvalue weighted by Crippen LogP contribution is -2.29. The molecule has 2 N–H and O–H groups in total. The highest BCUT2D eigenvalue weighted by Gasteiger charge is 2.22. The van der Waals surface area contributed by atoms with Crippen molar-refractivity contribution in [1.29, 1.82) is 0 Å². The van der Waals surface area contributed by atoms with E-state index in [1.165, 1.54) is 89.9 Å². The fourth-order valence-electron chi connectivity index (χ4n) is 4.67. The SMILES string of the molecule is CCCCCCCCCCCCCCCCCCCC(=O)O[C@H](COC(=O)CCCCCCC)COP(=O)(O)O. The van der Waals surface area contributed by atoms with Gasteiger partial charge in [-0.05, 0) is 12.8 Å². The van der Waals surface area contributed by atoms with E-state index in [9.17, 15) is 14.2 Å². The molecular weight excluding hydrogens is 531 g/mol. The van der Waals surface area contributed by atoms with E-state index in [-0.39, 0.29) is 19.4 Å². The molecule has 0 fully saturated rings. The second-order valence-corrected chi connectivity index (χ2v) is 12.4. The normalized spacial score (nSPS) is 12.4. The Labute approximate surface area is 244 Å². The van der Waals surface area contributed by atoms with Gasteiger partial charge in [0.05, 0.1) is 6.61 Å². The molecule has 0 amide bonds. The molecule has 0 spiro atoms. The second-order valence-electron chi connectivity index (χ2n) is 11.2. The molecule has 8 nitrogen and oxygen atoms in total. The topological polar surface area (TPSA) is 119 Å². The quantitative estimate of drug-likeness (QED) is 0.0482.